The first-order valence-corrected chi connectivity index (χ1v) is 9.93. The quantitative estimate of drug-likeness (QED) is 0.766. The van der Waals surface area contributed by atoms with Crippen molar-refractivity contribution in [1.29, 1.82) is 0 Å². The molecule has 7 heteroatoms. The van der Waals surface area contributed by atoms with Gasteiger partial charge in [0.2, 0.25) is 11.8 Å². The van der Waals surface area contributed by atoms with Gasteiger partial charge < -0.3 is 15.4 Å². The van der Waals surface area contributed by atoms with Gasteiger partial charge in [-0.3, -0.25) is 14.5 Å². The molecule has 2 amide bonds. The Bertz CT molecular complexity index is 792. The Morgan fingerprint density at radius 3 is 2.89 bits per heavy atom. The van der Waals surface area contributed by atoms with Gasteiger partial charge in [0.25, 0.3) is 0 Å². The van der Waals surface area contributed by atoms with Gasteiger partial charge in [0.1, 0.15) is 5.75 Å². The number of hydrogen-bond acceptors (Lipinski definition) is 5. The van der Waals surface area contributed by atoms with Gasteiger partial charge in [-0.1, -0.05) is 12.1 Å². The fourth-order valence-electron chi connectivity index (χ4n) is 3.35. The summed E-state index contributed by atoms with van der Waals surface area (Å²) in [5, 5.41) is 7.57. The van der Waals surface area contributed by atoms with Gasteiger partial charge in [0, 0.05) is 10.9 Å². The van der Waals surface area contributed by atoms with Crippen molar-refractivity contribution in [3.8, 4) is 5.75 Å². The fraction of sp³-hybridized carbons (Fsp3) is 0.400. The topological polar surface area (TPSA) is 70.7 Å². The van der Waals surface area contributed by atoms with E-state index in [1.807, 2.05) is 31.2 Å². The molecule has 3 rings (SSSR count). The number of rotatable bonds is 7. The number of ether oxygens (including phenoxy) is 1. The number of nitrogens with one attached hydrogen (secondary N) is 2. The van der Waals surface area contributed by atoms with Gasteiger partial charge in [0.05, 0.1) is 25.9 Å². The number of hydrogen-bond donors (Lipinski definition) is 2. The first kappa shape index (κ1) is 19.4. The fourth-order valence-corrected chi connectivity index (χ4v) is 4.25. The Morgan fingerprint density at radius 2 is 2.15 bits per heavy atom. The Morgan fingerprint density at radius 1 is 1.30 bits per heavy atom. The Balaban J connectivity index is 1.49. The molecular formula is C20H25N3O3S. The van der Waals surface area contributed by atoms with Crippen molar-refractivity contribution >= 4 is 28.8 Å². The van der Waals surface area contributed by atoms with E-state index in [-0.39, 0.29) is 18.4 Å². The zero-order chi connectivity index (χ0) is 19.2. The number of amides is 2. The lowest BCUT2D eigenvalue weighted by Crippen LogP contribution is -2.40. The van der Waals surface area contributed by atoms with Crippen molar-refractivity contribution in [1.82, 2.24) is 10.2 Å². The second-order valence-electron chi connectivity index (χ2n) is 6.67. The molecular weight excluding hydrogens is 362 g/mol. The van der Waals surface area contributed by atoms with Crippen LogP contribution >= 0.6 is 11.3 Å². The molecule has 1 aromatic carbocycles. The zero-order valence-electron chi connectivity index (χ0n) is 15.7. The standard InChI is InChI=1S/C20H25N3O3S/c1-14-7-8-17(26-2)15(11-14)22-19(24)12-21-20(25)13-23-9-3-5-16(23)18-6-4-10-27-18/h4,6-8,10-11,16H,3,5,9,12-13H2,1-2H3,(H,21,25)(H,22,24)/t16-/m0/s1. The van der Waals surface area contributed by atoms with Gasteiger partial charge in [-0.25, -0.2) is 0 Å². The van der Waals surface area contributed by atoms with Crippen LogP contribution in [0, 0.1) is 6.92 Å². The number of anilines is 1. The predicted octanol–water partition coefficient (Wildman–Crippen LogP) is 2.96. The third kappa shape index (κ3) is 5.08. The molecule has 144 valence electrons. The molecule has 0 aliphatic carbocycles. The monoisotopic (exact) mass is 387 g/mol. The average molecular weight is 388 g/mol. The van der Waals surface area contributed by atoms with E-state index in [1.165, 1.54) is 4.88 Å². The first-order chi connectivity index (χ1) is 13.1. The normalized spacial score (nSPS) is 16.9. The molecule has 1 saturated heterocycles. The number of carbonyl (C=O) groups excluding carboxylic acids is 2. The maximum Gasteiger partial charge on any atom is 0.243 e. The molecule has 0 unspecified atom stereocenters. The van der Waals surface area contributed by atoms with Crippen LogP contribution in [0.4, 0.5) is 5.69 Å². The van der Waals surface area contributed by atoms with Crippen molar-refractivity contribution in [2.45, 2.75) is 25.8 Å². The van der Waals surface area contributed by atoms with Crippen LogP contribution in [0.5, 0.6) is 5.75 Å². The molecule has 6 nitrogen and oxygen atoms in total. The van der Waals surface area contributed by atoms with Gasteiger partial charge in [0.15, 0.2) is 0 Å². The van der Waals surface area contributed by atoms with Crippen molar-refractivity contribution in [2.24, 2.45) is 0 Å². The highest BCUT2D eigenvalue weighted by Crippen LogP contribution is 2.33. The molecule has 2 aromatic rings. The van der Waals surface area contributed by atoms with Crippen LogP contribution in [0.15, 0.2) is 35.7 Å². The second kappa shape index (κ2) is 9.01. The van der Waals surface area contributed by atoms with Crippen LogP contribution in [0.1, 0.15) is 29.3 Å². The van der Waals surface area contributed by atoms with E-state index in [0.717, 1.165) is 24.9 Å². The van der Waals surface area contributed by atoms with E-state index >= 15 is 0 Å². The smallest absolute Gasteiger partial charge is 0.243 e. The number of likely N-dealkylation sites (tertiary alicyclic amines) is 1. The summed E-state index contributed by atoms with van der Waals surface area (Å²) in [6.45, 7) is 3.09. The first-order valence-electron chi connectivity index (χ1n) is 9.05. The lowest BCUT2D eigenvalue weighted by atomic mass is 10.2. The summed E-state index contributed by atoms with van der Waals surface area (Å²) in [5.41, 5.74) is 1.62. The van der Waals surface area contributed by atoms with E-state index in [2.05, 4.69) is 27.0 Å². The summed E-state index contributed by atoms with van der Waals surface area (Å²) in [7, 11) is 1.56. The lowest BCUT2D eigenvalue weighted by Gasteiger charge is -2.22. The van der Waals surface area contributed by atoms with Crippen LogP contribution < -0.4 is 15.4 Å². The number of nitrogens with zero attached hydrogens (tertiary/aromatic N) is 1. The molecule has 0 radical (unpaired) electrons. The molecule has 1 fully saturated rings. The molecule has 0 saturated carbocycles. The molecule has 2 heterocycles. The van der Waals surface area contributed by atoms with Gasteiger partial charge in [-0.2, -0.15) is 0 Å². The highest BCUT2D eigenvalue weighted by molar-refractivity contribution is 7.10. The maximum atomic E-state index is 12.3. The lowest BCUT2D eigenvalue weighted by molar-refractivity contribution is -0.125. The van der Waals surface area contributed by atoms with Crippen LogP contribution in [-0.4, -0.2) is 43.5 Å². The largest absolute Gasteiger partial charge is 0.495 e. The zero-order valence-corrected chi connectivity index (χ0v) is 16.5. The van der Waals surface area contributed by atoms with Gasteiger partial charge >= 0.3 is 0 Å². The highest BCUT2D eigenvalue weighted by Gasteiger charge is 2.28. The molecule has 0 bridgehead atoms. The van der Waals surface area contributed by atoms with Crippen LogP contribution in [-0.2, 0) is 9.59 Å². The van der Waals surface area contributed by atoms with E-state index in [1.54, 1.807) is 18.4 Å². The minimum atomic E-state index is -0.275. The predicted molar refractivity (Wildman–Crippen MR) is 107 cm³/mol. The highest BCUT2D eigenvalue weighted by atomic mass is 32.1. The molecule has 0 spiro atoms. The molecule has 2 N–H and O–H groups in total. The summed E-state index contributed by atoms with van der Waals surface area (Å²) in [6, 6.07) is 10.0. The van der Waals surface area contributed by atoms with E-state index in [9.17, 15) is 9.59 Å². The van der Waals surface area contributed by atoms with Crippen molar-refractivity contribution < 1.29 is 14.3 Å². The van der Waals surface area contributed by atoms with Gasteiger partial charge in [-0.05, 0) is 55.5 Å². The van der Waals surface area contributed by atoms with Crippen molar-refractivity contribution in [3.63, 3.8) is 0 Å². The summed E-state index contributed by atoms with van der Waals surface area (Å²) < 4.78 is 5.25. The molecule has 1 aliphatic rings. The number of thiophene rings is 1. The Hall–Kier alpha value is -2.38. The Labute approximate surface area is 163 Å². The molecule has 1 aromatic heterocycles. The van der Waals surface area contributed by atoms with Crippen molar-refractivity contribution in [2.75, 3.05) is 32.1 Å². The maximum absolute atomic E-state index is 12.3. The molecule has 27 heavy (non-hydrogen) atoms. The number of carbonyl (C=O) groups is 2. The summed E-state index contributed by atoms with van der Waals surface area (Å²) in [5.74, 6) is 0.185. The summed E-state index contributed by atoms with van der Waals surface area (Å²) in [6.07, 6.45) is 2.16. The Kier molecular flexibility index (Phi) is 6.47. The number of aryl methyl sites for hydroxylation is 1. The van der Waals surface area contributed by atoms with Crippen LogP contribution in [0.25, 0.3) is 0 Å². The third-order valence-corrected chi connectivity index (χ3v) is 5.63. The van der Waals surface area contributed by atoms with E-state index in [4.69, 9.17) is 4.74 Å². The third-order valence-electron chi connectivity index (χ3n) is 4.66. The molecule has 1 aliphatic heterocycles. The second-order valence-corrected chi connectivity index (χ2v) is 7.65. The van der Waals surface area contributed by atoms with Crippen molar-refractivity contribution in [3.05, 3.63) is 46.2 Å². The number of benzene rings is 1. The SMILES string of the molecule is COc1ccc(C)cc1NC(=O)CNC(=O)CN1CCC[C@H]1c1cccs1. The van der Waals surface area contributed by atoms with Gasteiger partial charge in [-0.15, -0.1) is 11.3 Å². The minimum absolute atomic E-state index is 0.0621. The van der Waals surface area contributed by atoms with Crippen LogP contribution in [0.3, 0.4) is 0 Å². The van der Waals surface area contributed by atoms with E-state index < -0.39 is 0 Å². The molecule has 1 atom stereocenters. The van der Waals surface area contributed by atoms with Crippen LogP contribution in [0.2, 0.25) is 0 Å². The van der Waals surface area contributed by atoms with E-state index in [0.29, 0.717) is 24.0 Å². The minimum Gasteiger partial charge on any atom is -0.495 e. The average Bonchev–Trinajstić information content (AvgIpc) is 3.31. The number of methoxy groups -OCH3 is 1. The summed E-state index contributed by atoms with van der Waals surface area (Å²) >= 11 is 1.73. The summed E-state index contributed by atoms with van der Waals surface area (Å²) in [4.78, 5) is 28.0.